The maximum absolute atomic E-state index is 12.7. The summed E-state index contributed by atoms with van der Waals surface area (Å²) >= 11 is 7.49. The Balaban J connectivity index is 1.89. The Hall–Kier alpha value is -2.97. The normalized spacial score (nSPS) is 10.4. The van der Waals surface area contributed by atoms with Gasteiger partial charge in [0.1, 0.15) is 22.2 Å². The van der Waals surface area contributed by atoms with Crippen LogP contribution in [-0.4, -0.2) is 39.3 Å². The van der Waals surface area contributed by atoms with E-state index in [9.17, 15) is 4.79 Å². The van der Waals surface area contributed by atoms with Crippen molar-refractivity contribution in [2.75, 3.05) is 33.8 Å². The molecule has 1 N–H and O–H groups in total. The van der Waals surface area contributed by atoms with Gasteiger partial charge in [0.05, 0.1) is 44.7 Å². The van der Waals surface area contributed by atoms with Gasteiger partial charge in [0.2, 0.25) is 0 Å². The lowest BCUT2D eigenvalue weighted by Crippen LogP contribution is -2.13. The first-order valence-electron chi connectivity index (χ1n) is 8.42. The molecule has 0 aliphatic rings. The van der Waals surface area contributed by atoms with Gasteiger partial charge in [-0.05, 0) is 18.2 Å². The number of hydrogen-bond donors (Lipinski definition) is 1. The highest BCUT2D eigenvalue weighted by Crippen LogP contribution is 2.39. The molecule has 1 amide bonds. The molecule has 0 aliphatic carbocycles. The van der Waals surface area contributed by atoms with Crippen molar-refractivity contribution in [2.45, 2.75) is 0 Å². The molecule has 1 heterocycles. The summed E-state index contributed by atoms with van der Waals surface area (Å²) in [7, 11) is 6.12. The van der Waals surface area contributed by atoms with Crippen LogP contribution in [0, 0.1) is 0 Å². The minimum atomic E-state index is -0.395. The zero-order valence-corrected chi connectivity index (χ0v) is 17.8. The maximum Gasteiger partial charge on any atom is 0.275 e. The van der Waals surface area contributed by atoms with Gasteiger partial charge >= 0.3 is 0 Å². The standard InChI is InChI=1S/C20H19ClN2O5S/c1-25-15-7-5-6-11(18(15)28-4)20-23-14(10-29-20)19(24)22-13-8-12(21)16(26-2)9-17(13)27-3/h5-10H,1-4H3,(H,22,24). The first kappa shape index (κ1) is 20.8. The third-order valence-electron chi connectivity index (χ3n) is 4.09. The Bertz CT molecular complexity index is 1040. The Kier molecular flexibility index (Phi) is 6.46. The Morgan fingerprint density at radius 1 is 1.00 bits per heavy atom. The second kappa shape index (κ2) is 9.02. The second-order valence-electron chi connectivity index (χ2n) is 5.72. The number of ether oxygens (including phenoxy) is 4. The molecule has 0 aliphatic heterocycles. The van der Waals surface area contributed by atoms with E-state index in [1.165, 1.54) is 25.6 Å². The number of carbonyl (C=O) groups is 1. The monoisotopic (exact) mass is 434 g/mol. The summed E-state index contributed by atoms with van der Waals surface area (Å²) in [5.74, 6) is 1.62. The predicted octanol–water partition coefficient (Wildman–Crippen LogP) is 4.75. The van der Waals surface area contributed by atoms with Crippen LogP contribution in [0.3, 0.4) is 0 Å². The number of benzene rings is 2. The lowest BCUT2D eigenvalue weighted by Gasteiger charge is -2.12. The van der Waals surface area contributed by atoms with E-state index in [4.69, 9.17) is 30.5 Å². The molecule has 0 unspecified atom stereocenters. The van der Waals surface area contributed by atoms with Gasteiger partial charge in [-0.3, -0.25) is 4.79 Å². The number of amides is 1. The number of halogens is 1. The molecule has 3 rings (SSSR count). The SMILES string of the molecule is COc1cc(OC)c(NC(=O)c2csc(-c3cccc(OC)c3OC)n2)cc1Cl. The number of hydrogen-bond acceptors (Lipinski definition) is 7. The van der Waals surface area contributed by atoms with E-state index in [1.807, 2.05) is 12.1 Å². The summed E-state index contributed by atoms with van der Waals surface area (Å²) in [5, 5.41) is 5.42. The highest BCUT2D eigenvalue weighted by atomic mass is 35.5. The van der Waals surface area contributed by atoms with Crippen molar-refractivity contribution >= 4 is 34.5 Å². The van der Waals surface area contributed by atoms with Crippen molar-refractivity contribution in [1.82, 2.24) is 4.98 Å². The van der Waals surface area contributed by atoms with Crippen LogP contribution < -0.4 is 24.3 Å². The molecule has 0 fully saturated rings. The molecule has 1 aromatic heterocycles. The third kappa shape index (κ3) is 4.23. The quantitative estimate of drug-likeness (QED) is 0.578. The average Bonchev–Trinajstić information content (AvgIpc) is 3.23. The van der Waals surface area contributed by atoms with Gasteiger partial charge in [0, 0.05) is 11.4 Å². The highest BCUT2D eigenvalue weighted by molar-refractivity contribution is 7.13. The summed E-state index contributed by atoms with van der Waals surface area (Å²) in [5.41, 5.74) is 1.40. The molecule has 3 aromatic rings. The van der Waals surface area contributed by atoms with Gasteiger partial charge in [-0.15, -0.1) is 11.3 Å². The van der Waals surface area contributed by atoms with Crippen LogP contribution in [0.1, 0.15) is 10.5 Å². The van der Waals surface area contributed by atoms with Crippen LogP contribution in [0.2, 0.25) is 5.02 Å². The minimum absolute atomic E-state index is 0.254. The number of carbonyl (C=O) groups excluding carboxylic acids is 1. The van der Waals surface area contributed by atoms with Gasteiger partial charge in [0.25, 0.3) is 5.91 Å². The van der Waals surface area contributed by atoms with Gasteiger partial charge < -0.3 is 24.3 Å². The fraction of sp³-hybridized carbons (Fsp3) is 0.200. The maximum atomic E-state index is 12.7. The van der Waals surface area contributed by atoms with E-state index in [1.54, 1.807) is 37.8 Å². The van der Waals surface area contributed by atoms with Crippen molar-refractivity contribution in [3.8, 4) is 33.6 Å². The number of anilines is 1. The van der Waals surface area contributed by atoms with E-state index < -0.39 is 5.91 Å². The number of thiazole rings is 1. The smallest absolute Gasteiger partial charge is 0.275 e. The van der Waals surface area contributed by atoms with Crippen LogP contribution in [0.4, 0.5) is 5.69 Å². The molecular formula is C20H19ClN2O5S. The van der Waals surface area contributed by atoms with Gasteiger partial charge in [-0.2, -0.15) is 0 Å². The van der Waals surface area contributed by atoms with Crippen molar-refractivity contribution in [1.29, 1.82) is 0 Å². The molecule has 0 saturated carbocycles. The molecular weight excluding hydrogens is 416 g/mol. The van der Waals surface area contributed by atoms with Gasteiger partial charge in [-0.25, -0.2) is 4.98 Å². The van der Waals surface area contributed by atoms with Crippen LogP contribution >= 0.6 is 22.9 Å². The van der Waals surface area contributed by atoms with E-state index >= 15 is 0 Å². The fourth-order valence-electron chi connectivity index (χ4n) is 2.70. The molecule has 9 heteroatoms. The van der Waals surface area contributed by atoms with Crippen LogP contribution in [0.25, 0.3) is 10.6 Å². The van der Waals surface area contributed by atoms with E-state index in [2.05, 4.69) is 10.3 Å². The molecule has 0 spiro atoms. The van der Waals surface area contributed by atoms with Crippen LogP contribution in [-0.2, 0) is 0 Å². The molecule has 0 saturated heterocycles. The number of rotatable bonds is 7. The largest absolute Gasteiger partial charge is 0.495 e. The molecule has 29 heavy (non-hydrogen) atoms. The summed E-state index contributed by atoms with van der Waals surface area (Å²) in [4.78, 5) is 17.2. The van der Waals surface area contributed by atoms with Crippen LogP contribution in [0.15, 0.2) is 35.7 Å². The van der Waals surface area contributed by atoms with Gasteiger partial charge in [0.15, 0.2) is 11.5 Å². The summed E-state index contributed by atoms with van der Waals surface area (Å²) < 4.78 is 21.2. The van der Waals surface area contributed by atoms with E-state index in [0.29, 0.717) is 38.7 Å². The number of methoxy groups -OCH3 is 4. The number of para-hydroxylation sites is 1. The number of nitrogens with one attached hydrogen (secondary N) is 1. The Labute approximate surface area is 177 Å². The van der Waals surface area contributed by atoms with Crippen molar-refractivity contribution in [3.63, 3.8) is 0 Å². The molecule has 2 aromatic carbocycles. The first-order chi connectivity index (χ1) is 14.0. The van der Waals surface area contributed by atoms with Crippen LogP contribution in [0.5, 0.6) is 23.0 Å². The predicted molar refractivity (Wildman–Crippen MR) is 113 cm³/mol. The second-order valence-corrected chi connectivity index (χ2v) is 6.99. The van der Waals surface area contributed by atoms with Crippen molar-refractivity contribution in [3.05, 3.63) is 46.4 Å². The molecule has 152 valence electrons. The topological polar surface area (TPSA) is 78.9 Å². The molecule has 0 radical (unpaired) electrons. The fourth-order valence-corrected chi connectivity index (χ4v) is 3.76. The highest BCUT2D eigenvalue weighted by Gasteiger charge is 2.19. The lowest BCUT2D eigenvalue weighted by atomic mass is 10.2. The van der Waals surface area contributed by atoms with E-state index in [0.717, 1.165) is 5.56 Å². The minimum Gasteiger partial charge on any atom is -0.495 e. The zero-order chi connectivity index (χ0) is 21.0. The summed E-state index contributed by atoms with van der Waals surface area (Å²) in [6.07, 6.45) is 0. The molecule has 7 nitrogen and oxygen atoms in total. The summed E-state index contributed by atoms with van der Waals surface area (Å²) in [6, 6.07) is 8.65. The molecule has 0 bridgehead atoms. The third-order valence-corrected chi connectivity index (χ3v) is 5.26. The van der Waals surface area contributed by atoms with Crippen molar-refractivity contribution in [2.24, 2.45) is 0 Å². The number of aromatic nitrogens is 1. The Morgan fingerprint density at radius 2 is 1.72 bits per heavy atom. The lowest BCUT2D eigenvalue weighted by molar-refractivity contribution is 0.102. The summed E-state index contributed by atoms with van der Waals surface area (Å²) in [6.45, 7) is 0. The average molecular weight is 435 g/mol. The molecule has 0 atom stereocenters. The number of nitrogens with zero attached hydrogens (tertiary/aromatic N) is 1. The van der Waals surface area contributed by atoms with E-state index in [-0.39, 0.29) is 5.69 Å². The van der Waals surface area contributed by atoms with Crippen molar-refractivity contribution < 1.29 is 23.7 Å². The first-order valence-corrected chi connectivity index (χ1v) is 9.67. The Morgan fingerprint density at radius 3 is 2.38 bits per heavy atom. The van der Waals surface area contributed by atoms with Gasteiger partial charge in [-0.1, -0.05) is 17.7 Å². The zero-order valence-electron chi connectivity index (χ0n) is 16.2.